The van der Waals surface area contributed by atoms with Crippen molar-refractivity contribution in [3.8, 4) is 0 Å². The summed E-state index contributed by atoms with van der Waals surface area (Å²) in [5.41, 5.74) is 2.21. The van der Waals surface area contributed by atoms with Crippen LogP contribution in [0.25, 0.3) is 0 Å². The number of aryl methyl sites for hydroxylation is 2. The van der Waals surface area contributed by atoms with E-state index < -0.39 is 21.9 Å². The van der Waals surface area contributed by atoms with Crippen molar-refractivity contribution in [3.05, 3.63) is 40.1 Å². The second kappa shape index (κ2) is 8.51. The van der Waals surface area contributed by atoms with Crippen LogP contribution in [-0.4, -0.2) is 63.0 Å². The number of alkyl halides is 3. The molecule has 3 rings (SSSR count). The molecule has 0 spiro atoms. The Hall–Kier alpha value is -2.40. The van der Waals surface area contributed by atoms with Gasteiger partial charge in [-0.15, -0.1) is 0 Å². The van der Waals surface area contributed by atoms with Crippen molar-refractivity contribution < 1.29 is 21.6 Å². The Balaban J connectivity index is 1.88. The van der Waals surface area contributed by atoms with E-state index in [4.69, 9.17) is 0 Å². The molecule has 2 heterocycles. The molecular formula is C21H28F3N5O2S. The van der Waals surface area contributed by atoms with Gasteiger partial charge in [0.2, 0.25) is 16.0 Å². The van der Waals surface area contributed by atoms with E-state index in [0.29, 0.717) is 16.0 Å². The fourth-order valence-corrected chi connectivity index (χ4v) is 5.76. The van der Waals surface area contributed by atoms with Crippen molar-refractivity contribution in [1.29, 1.82) is 0 Å². The van der Waals surface area contributed by atoms with E-state index in [9.17, 15) is 21.6 Å². The highest BCUT2D eigenvalue weighted by atomic mass is 32.2. The number of halogens is 3. The molecule has 0 saturated carbocycles. The van der Waals surface area contributed by atoms with Crippen molar-refractivity contribution in [2.45, 2.75) is 38.8 Å². The van der Waals surface area contributed by atoms with Gasteiger partial charge in [-0.1, -0.05) is 6.07 Å². The Kier molecular flexibility index (Phi) is 6.45. The van der Waals surface area contributed by atoms with Crippen molar-refractivity contribution >= 4 is 21.8 Å². The zero-order chi connectivity index (χ0) is 24.0. The molecule has 1 aromatic heterocycles. The van der Waals surface area contributed by atoms with E-state index >= 15 is 0 Å². The molecule has 11 heteroatoms. The Bertz CT molecular complexity index is 1100. The van der Waals surface area contributed by atoms with Crippen molar-refractivity contribution in [2.24, 2.45) is 0 Å². The highest BCUT2D eigenvalue weighted by Gasteiger charge is 2.36. The molecular weight excluding hydrogens is 443 g/mol. The van der Waals surface area contributed by atoms with E-state index in [-0.39, 0.29) is 37.9 Å². The van der Waals surface area contributed by atoms with Crippen LogP contribution in [-0.2, 0) is 16.2 Å². The van der Waals surface area contributed by atoms with Gasteiger partial charge in [0.05, 0.1) is 4.90 Å². The summed E-state index contributed by atoms with van der Waals surface area (Å²) >= 11 is 0. The number of hydrogen-bond acceptors (Lipinski definition) is 6. The van der Waals surface area contributed by atoms with Crippen molar-refractivity contribution in [2.75, 3.05) is 50.1 Å². The maximum Gasteiger partial charge on any atom is 0.433 e. The lowest BCUT2D eigenvalue weighted by Crippen LogP contribution is -2.49. The largest absolute Gasteiger partial charge is 0.433 e. The maximum absolute atomic E-state index is 13.4. The zero-order valence-electron chi connectivity index (χ0n) is 19.1. The first kappa shape index (κ1) is 24.2. The zero-order valence-corrected chi connectivity index (χ0v) is 19.9. The van der Waals surface area contributed by atoms with Crippen LogP contribution in [0.2, 0.25) is 0 Å². The predicted molar refractivity (Wildman–Crippen MR) is 118 cm³/mol. The number of hydrogen-bond donors (Lipinski definition) is 0. The van der Waals surface area contributed by atoms with Gasteiger partial charge in [0.15, 0.2) is 5.69 Å². The fourth-order valence-electron chi connectivity index (χ4n) is 3.76. The van der Waals surface area contributed by atoms with Gasteiger partial charge in [-0.25, -0.2) is 13.4 Å². The average molecular weight is 472 g/mol. The van der Waals surface area contributed by atoms with E-state index in [1.54, 1.807) is 32.8 Å². The van der Waals surface area contributed by atoms with Gasteiger partial charge >= 0.3 is 6.18 Å². The molecule has 0 unspecified atom stereocenters. The van der Waals surface area contributed by atoms with Crippen molar-refractivity contribution in [3.63, 3.8) is 0 Å². The van der Waals surface area contributed by atoms with Gasteiger partial charge in [0.1, 0.15) is 5.82 Å². The number of nitrogens with zero attached hydrogens (tertiary/aromatic N) is 5. The lowest BCUT2D eigenvalue weighted by molar-refractivity contribution is -0.141. The summed E-state index contributed by atoms with van der Waals surface area (Å²) in [6.07, 6.45) is -4.61. The third-order valence-electron chi connectivity index (χ3n) is 5.87. The Morgan fingerprint density at radius 2 is 1.44 bits per heavy atom. The third-order valence-corrected chi connectivity index (χ3v) is 8.04. The minimum absolute atomic E-state index is 0.0562. The van der Waals surface area contributed by atoms with Crippen LogP contribution in [0.1, 0.15) is 27.9 Å². The normalized spacial score (nSPS) is 15.8. The fraction of sp³-hybridized carbons (Fsp3) is 0.524. The van der Waals surface area contributed by atoms with Gasteiger partial charge in [-0.2, -0.15) is 22.5 Å². The minimum atomic E-state index is -4.61. The molecule has 1 fully saturated rings. The summed E-state index contributed by atoms with van der Waals surface area (Å²) in [7, 11) is -0.544. The monoisotopic (exact) mass is 471 g/mol. The molecule has 32 heavy (non-hydrogen) atoms. The van der Waals surface area contributed by atoms with Crippen LogP contribution in [0.3, 0.4) is 0 Å². The van der Waals surface area contributed by atoms with Crippen LogP contribution in [0.5, 0.6) is 0 Å². The molecule has 7 nitrogen and oxygen atoms in total. The first-order chi connectivity index (χ1) is 14.7. The summed E-state index contributed by atoms with van der Waals surface area (Å²) in [6.45, 7) is 8.00. The second-order valence-corrected chi connectivity index (χ2v) is 10.2. The number of benzene rings is 1. The number of rotatable bonds is 4. The quantitative estimate of drug-likeness (QED) is 0.682. The van der Waals surface area contributed by atoms with Crippen LogP contribution in [0.15, 0.2) is 17.0 Å². The molecule has 0 N–H and O–H groups in total. The van der Waals surface area contributed by atoms with Gasteiger partial charge in [-0.05, 0) is 49.9 Å². The number of anilines is 2. The molecule has 0 aliphatic carbocycles. The highest BCUT2D eigenvalue weighted by molar-refractivity contribution is 7.89. The molecule has 0 amide bonds. The lowest BCUT2D eigenvalue weighted by Gasteiger charge is -2.35. The Labute approximate surface area is 186 Å². The van der Waals surface area contributed by atoms with Gasteiger partial charge < -0.3 is 9.80 Å². The molecule has 1 aliphatic rings. The Morgan fingerprint density at radius 3 is 1.91 bits per heavy atom. The van der Waals surface area contributed by atoms with Crippen LogP contribution < -0.4 is 9.80 Å². The summed E-state index contributed by atoms with van der Waals surface area (Å²) in [4.78, 5) is 11.3. The SMILES string of the molecule is Cc1cc(C)c(C)c(S(=O)(=O)N2CCN(c3nc(N(C)C)cc(C(F)(F)F)n3)CC2)c1C. The van der Waals surface area contributed by atoms with E-state index in [2.05, 4.69) is 9.97 Å². The summed E-state index contributed by atoms with van der Waals surface area (Å²) in [5.74, 6) is 0.0817. The van der Waals surface area contributed by atoms with Gasteiger partial charge in [0.25, 0.3) is 0 Å². The summed E-state index contributed by atoms with van der Waals surface area (Å²) in [6, 6.07) is 2.87. The van der Waals surface area contributed by atoms with E-state index in [0.717, 1.165) is 17.2 Å². The standard InChI is InChI=1S/C21H28F3N5O2S/c1-13-11-14(2)16(4)19(15(13)3)32(30,31)29-9-7-28(8-10-29)20-25-17(21(22,23)24)12-18(26-20)27(5)6/h11-12H,7-10H2,1-6H3. The molecule has 1 saturated heterocycles. The molecule has 0 atom stereocenters. The summed E-state index contributed by atoms with van der Waals surface area (Å²) < 4.78 is 68.2. The highest BCUT2D eigenvalue weighted by Crippen LogP contribution is 2.32. The van der Waals surface area contributed by atoms with Crippen LogP contribution in [0, 0.1) is 27.7 Å². The second-order valence-electron chi connectivity index (χ2n) is 8.28. The van der Waals surface area contributed by atoms with E-state index in [1.165, 1.54) is 9.21 Å². The smallest absolute Gasteiger partial charge is 0.363 e. The number of sulfonamides is 1. The third kappa shape index (κ3) is 4.54. The first-order valence-electron chi connectivity index (χ1n) is 10.2. The molecule has 2 aromatic rings. The van der Waals surface area contributed by atoms with Crippen LogP contribution >= 0.6 is 0 Å². The Morgan fingerprint density at radius 1 is 0.906 bits per heavy atom. The molecule has 1 aromatic carbocycles. The molecule has 1 aliphatic heterocycles. The number of piperazine rings is 1. The lowest BCUT2D eigenvalue weighted by atomic mass is 10.0. The van der Waals surface area contributed by atoms with Gasteiger partial charge in [0, 0.05) is 46.3 Å². The molecule has 176 valence electrons. The topological polar surface area (TPSA) is 69.6 Å². The van der Waals surface area contributed by atoms with E-state index in [1.807, 2.05) is 19.9 Å². The number of aromatic nitrogens is 2. The van der Waals surface area contributed by atoms with Crippen LogP contribution in [0.4, 0.5) is 24.9 Å². The minimum Gasteiger partial charge on any atom is -0.363 e. The van der Waals surface area contributed by atoms with Gasteiger partial charge in [-0.3, -0.25) is 0 Å². The average Bonchev–Trinajstić information content (AvgIpc) is 2.71. The van der Waals surface area contributed by atoms with Crippen molar-refractivity contribution in [1.82, 2.24) is 14.3 Å². The molecule has 0 radical (unpaired) electrons. The predicted octanol–water partition coefficient (Wildman–Crippen LogP) is 3.31. The summed E-state index contributed by atoms with van der Waals surface area (Å²) in [5, 5.41) is 0. The first-order valence-corrected chi connectivity index (χ1v) is 11.6. The maximum atomic E-state index is 13.4. The molecule has 0 bridgehead atoms.